The van der Waals surface area contributed by atoms with E-state index in [1.807, 2.05) is 74.5 Å². The van der Waals surface area contributed by atoms with Crippen LogP contribution in [0.25, 0.3) is 22.3 Å². The fourth-order valence-corrected chi connectivity index (χ4v) is 4.04. The lowest BCUT2D eigenvalue weighted by atomic mass is 9.99. The van der Waals surface area contributed by atoms with Gasteiger partial charge in [0, 0.05) is 26.9 Å². The molecule has 0 fully saturated rings. The lowest BCUT2D eigenvalue weighted by molar-refractivity contribution is 0.605. The topological polar surface area (TPSA) is 42.2 Å². The summed E-state index contributed by atoms with van der Waals surface area (Å²) >= 11 is 3.59. The minimum Gasteiger partial charge on any atom is -0.455 e. The number of aryl methyl sites for hydroxylation is 1. The van der Waals surface area contributed by atoms with Gasteiger partial charge in [0.1, 0.15) is 11.3 Å². The first-order valence-electron chi connectivity index (χ1n) is 9.60. The minimum absolute atomic E-state index is 0.0168. The van der Waals surface area contributed by atoms with E-state index in [4.69, 9.17) is 4.42 Å². The molecule has 1 N–H and O–H groups in total. The summed E-state index contributed by atoms with van der Waals surface area (Å²) in [6, 6.07) is 21.7. The van der Waals surface area contributed by atoms with Crippen molar-refractivity contribution in [2.24, 2.45) is 0 Å². The van der Waals surface area contributed by atoms with Crippen molar-refractivity contribution in [3.8, 4) is 11.3 Å². The van der Waals surface area contributed by atoms with Gasteiger partial charge in [-0.1, -0.05) is 48.5 Å². The lowest BCUT2D eigenvalue weighted by Crippen LogP contribution is -2.12. The van der Waals surface area contributed by atoms with E-state index in [-0.39, 0.29) is 11.5 Å². The fourth-order valence-electron chi connectivity index (χ4n) is 3.64. The second kappa shape index (κ2) is 7.88. The number of rotatable bonds is 4. The van der Waals surface area contributed by atoms with Gasteiger partial charge in [-0.3, -0.25) is 4.79 Å². The van der Waals surface area contributed by atoms with Crippen LogP contribution in [0.4, 0.5) is 5.69 Å². The number of para-hydroxylation sites is 1. The molecule has 0 aliphatic rings. The second-order valence-electron chi connectivity index (χ2n) is 7.33. The summed E-state index contributed by atoms with van der Waals surface area (Å²) in [5, 5.41) is 4.15. The summed E-state index contributed by atoms with van der Waals surface area (Å²) in [6.45, 7) is 5.92. The van der Waals surface area contributed by atoms with Crippen molar-refractivity contribution in [1.82, 2.24) is 0 Å². The van der Waals surface area contributed by atoms with Crippen LogP contribution in [0.3, 0.4) is 0 Å². The number of anilines is 1. The summed E-state index contributed by atoms with van der Waals surface area (Å²) in [5.41, 5.74) is 5.18. The zero-order valence-corrected chi connectivity index (χ0v) is 18.2. The quantitative estimate of drug-likeness (QED) is 0.365. The highest BCUT2D eigenvalue weighted by Crippen LogP contribution is 2.33. The predicted octanol–water partition coefficient (Wildman–Crippen LogP) is 7.01. The first-order chi connectivity index (χ1) is 14.0. The Bertz CT molecular complexity index is 1250. The van der Waals surface area contributed by atoms with Crippen molar-refractivity contribution >= 4 is 32.6 Å². The molecular weight excluding hydrogens is 426 g/mol. The van der Waals surface area contributed by atoms with Gasteiger partial charge in [-0.25, -0.2) is 0 Å². The largest absolute Gasteiger partial charge is 0.455 e. The van der Waals surface area contributed by atoms with Crippen molar-refractivity contribution in [3.05, 3.63) is 98.1 Å². The smallest absolute Gasteiger partial charge is 0.196 e. The Morgan fingerprint density at radius 1 is 0.966 bits per heavy atom. The van der Waals surface area contributed by atoms with Crippen LogP contribution in [0.1, 0.15) is 29.7 Å². The van der Waals surface area contributed by atoms with Gasteiger partial charge >= 0.3 is 0 Å². The normalized spacial score (nSPS) is 12.1. The standard InChI is InChI=1S/C25H22BrNO2/c1-15-13-19(17(3)27-22-12-8-7-11-21(22)26)25-20(14-15)23(28)16(2)24(29-25)18-9-5-4-6-10-18/h4-14,17,27H,1-3H3. The van der Waals surface area contributed by atoms with Gasteiger partial charge in [-0.2, -0.15) is 0 Å². The Balaban J connectivity index is 1.91. The van der Waals surface area contributed by atoms with Crippen molar-refractivity contribution in [2.45, 2.75) is 26.8 Å². The molecule has 4 rings (SSSR count). The highest BCUT2D eigenvalue weighted by molar-refractivity contribution is 9.10. The van der Waals surface area contributed by atoms with Crippen molar-refractivity contribution in [3.63, 3.8) is 0 Å². The van der Waals surface area contributed by atoms with Crippen molar-refractivity contribution in [1.29, 1.82) is 0 Å². The Kier molecular flexibility index (Phi) is 5.29. The number of fused-ring (bicyclic) bond motifs is 1. The van der Waals surface area contributed by atoms with Gasteiger partial charge < -0.3 is 9.73 Å². The zero-order chi connectivity index (χ0) is 20.5. The van der Waals surface area contributed by atoms with Crippen molar-refractivity contribution < 1.29 is 4.42 Å². The van der Waals surface area contributed by atoms with E-state index in [9.17, 15) is 4.79 Å². The van der Waals surface area contributed by atoms with Gasteiger partial charge in [0.05, 0.1) is 11.4 Å². The molecule has 4 heteroatoms. The highest BCUT2D eigenvalue weighted by Gasteiger charge is 2.19. The maximum Gasteiger partial charge on any atom is 0.196 e. The predicted molar refractivity (Wildman–Crippen MR) is 124 cm³/mol. The van der Waals surface area contributed by atoms with Gasteiger partial charge in [-0.15, -0.1) is 0 Å². The molecule has 0 bridgehead atoms. The van der Waals surface area contributed by atoms with Gasteiger partial charge in [0.2, 0.25) is 0 Å². The molecule has 0 aliphatic heterocycles. The van der Waals surface area contributed by atoms with E-state index in [0.717, 1.165) is 26.9 Å². The van der Waals surface area contributed by atoms with Gasteiger partial charge in [0.25, 0.3) is 0 Å². The van der Waals surface area contributed by atoms with Crippen LogP contribution in [0.2, 0.25) is 0 Å². The van der Waals surface area contributed by atoms with E-state index >= 15 is 0 Å². The zero-order valence-electron chi connectivity index (χ0n) is 16.6. The SMILES string of the molecule is Cc1cc(C(C)Nc2ccccc2Br)c2oc(-c3ccccc3)c(C)c(=O)c2c1. The monoisotopic (exact) mass is 447 g/mol. The average molecular weight is 448 g/mol. The van der Waals surface area contributed by atoms with E-state index in [1.54, 1.807) is 0 Å². The average Bonchev–Trinajstić information content (AvgIpc) is 2.72. The molecule has 0 amide bonds. The molecule has 29 heavy (non-hydrogen) atoms. The first kappa shape index (κ1) is 19.5. The third kappa shape index (κ3) is 3.73. The van der Waals surface area contributed by atoms with Crippen LogP contribution in [-0.2, 0) is 0 Å². The van der Waals surface area contributed by atoms with Crippen LogP contribution in [-0.4, -0.2) is 0 Å². The summed E-state index contributed by atoms with van der Waals surface area (Å²) in [6.07, 6.45) is 0. The number of benzene rings is 3. The Hall–Kier alpha value is -2.85. The molecule has 4 aromatic rings. The summed E-state index contributed by atoms with van der Waals surface area (Å²) in [4.78, 5) is 13.2. The Morgan fingerprint density at radius 2 is 1.66 bits per heavy atom. The molecule has 3 nitrogen and oxygen atoms in total. The molecule has 0 aliphatic carbocycles. The minimum atomic E-state index is -0.0504. The van der Waals surface area contributed by atoms with E-state index in [2.05, 4.69) is 34.2 Å². The number of hydrogen-bond donors (Lipinski definition) is 1. The van der Waals surface area contributed by atoms with Gasteiger partial charge in [0.15, 0.2) is 5.43 Å². The highest BCUT2D eigenvalue weighted by atomic mass is 79.9. The number of halogens is 1. The van der Waals surface area contributed by atoms with Crippen LogP contribution >= 0.6 is 15.9 Å². The molecule has 1 unspecified atom stereocenters. The molecule has 0 saturated heterocycles. The lowest BCUT2D eigenvalue weighted by Gasteiger charge is -2.19. The Morgan fingerprint density at radius 3 is 2.38 bits per heavy atom. The molecule has 1 atom stereocenters. The molecular formula is C25H22BrNO2. The molecule has 3 aromatic carbocycles. The summed E-state index contributed by atoms with van der Waals surface area (Å²) < 4.78 is 7.37. The van der Waals surface area contributed by atoms with E-state index in [1.165, 1.54) is 0 Å². The molecule has 1 heterocycles. The molecule has 0 saturated carbocycles. The molecule has 146 valence electrons. The van der Waals surface area contributed by atoms with Crippen LogP contribution in [0, 0.1) is 13.8 Å². The third-order valence-corrected chi connectivity index (χ3v) is 5.83. The summed E-state index contributed by atoms with van der Waals surface area (Å²) in [5.74, 6) is 0.626. The van der Waals surface area contributed by atoms with Crippen LogP contribution < -0.4 is 10.7 Å². The fraction of sp³-hybridized carbons (Fsp3) is 0.160. The van der Waals surface area contributed by atoms with Gasteiger partial charge in [-0.05, 0) is 60.5 Å². The maximum absolute atomic E-state index is 13.2. The number of hydrogen-bond acceptors (Lipinski definition) is 3. The molecule has 0 radical (unpaired) electrons. The summed E-state index contributed by atoms with van der Waals surface area (Å²) in [7, 11) is 0. The van der Waals surface area contributed by atoms with Crippen LogP contribution in [0.5, 0.6) is 0 Å². The van der Waals surface area contributed by atoms with Crippen molar-refractivity contribution in [2.75, 3.05) is 5.32 Å². The number of nitrogens with one attached hydrogen (secondary N) is 1. The van der Waals surface area contributed by atoms with E-state index in [0.29, 0.717) is 22.3 Å². The first-order valence-corrected chi connectivity index (χ1v) is 10.4. The maximum atomic E-state index is 13.2. The van der Waals surface area contributed by atoms with E-state index < -0.39 is 0 Å². The molecule has 0 spiro atoms. The molecule has 1 aromatic heterocycles. The second-order valence-corrected chi connectivity index (χ2v) is 8.18. The Labute approximate surface area is 178 Å². The third-order valence-electron chi connectivity index (χ3n) is 5.14. The van der Waals surface area contributed by atoms with Crippen LogP contribution in [0.15, 0.2) is 80.4 Å².